The molecule has 1 saturated heterocycles. The Bertz CT molecular complexity index is 528. The molecule has 0 N–H and O–H groups in total. The second-order valence-corrected chi connectivity index (χ2v) is 10.5. The summed E-state index contributed by atoms with van der Waals surface area (Å²) in [5, 5.41) is 0. The van der Waals surface area contributed by atoms with Gasteiger partial charge in [-0.2, -0.15) is 13.2 Å². The largest absolute Gasteiger partial charge is 0.389 e. The molecule has 0 aromatic heterocycles. The first kappa shape index (κ1) is 20.0. The van der Waals surface area contributed by atoms with E-state index >= 15 is 0 Å². The van der Waals surface area contributed by atoms with Gasteiger partial charge in [0.05, 0.1) is 12.7 Å². The van der Waals surface area contributed by atoms with E-state index in [-0.39, 0.29) is 5.92 Å². The average Bonchev–Trinajstić information content (AvgIpc) is 3.37. The fourth-order valence-corrected chi connectivity index (χ4v) is 8.09. The maximum Gasteiger partial charge on any atom is 0.389 e. The summed E-state index contributed by atoms with van der Waals surface area (Å²) < 4.78 is 45.1. The lowest BCUT2D eigenvalue weighted by atomic mass is 9.50. The van der Waals surface area contributed by atoms with Gasteiger partial charge in [-0.05, 0) is 85.4 Å². The Morgan fingerprint density at radius 3 is 2.44 bits per heavy atom. The van der Waals surface area contributed by atoms with Crippen molar-refractivity contribution in [2.45, 2.75) is 90.8 Å². The molecule has 1 nitrogen and oxygen atoms in total. The summed E-state index contributed by atoms with van der Waals surface area (Å²) in [6.07, 6.45) is 4.72. The van der Waals surface area contributed by atoms with Crippen LogP contribution in [0, 0.1) is 46.8 Å². The number of rotatable bonds is 5. The van der Waals surface area contributed by atoms with Crippen molar-refractivity contribution in [2.24, 2.45) is 46.8 Å². The van der Waals surface area contributed by atoms with E-state index < -0.39 is 12.6 Å². The Balaban J connectivity index is 1.52. The molecule has 3 aliphatic carbocycles. The molecule has 9 atom stereocenters. The number of hydrogen-bond acceptors (Lipinski definition) is 1. The van der Waals surface area contributed by atoms with Crippen LogP contribution >= 0.6 is 0 Å². The lowest BCUT2D eigenvalue weighted by Gasteiger charge is -2.55. The van der Waals surface area contributed by atoms with Crippen LogP contribution in [-0.2, 0) is 4.74 Å². The minimum Gasteiger partial charge on any atom is -0.373 e. The minimum atomic E-state index is -4.01. The number of ether oxygens (including phenoxy) is 1. The van der Waals surface area contributed by atoms with Crippen molar-refractivity contribution in [3.63, 3.8) is 0 Å². The molecule has 0 radical (unpaired) electrons. The molecular weight excluding hydrogens is 349 g/mol. The molecule has 4 heteroatoms. The summed E-state index contributed by atoms with van der Waals surface area (Å²) >= 11 is 0. The predicted molar refractivity (Wildman–Crippen MR) is 101 cm³/mol. The quantitative estimate of drug-likeness (QED) is 0.470. The Labute approximate surface area is 162 Å². The molecule has 1 heterocycles. The van der Waals surface area contributed by atoms with Gasteiger partial charge in [-0.15, -0.1) is 0 Å². The molecular formula is C23H37F3O. The van der Waals surface area contributed by atoms with Crippen LogP contribution in [0.3, 0.4) is 0 Å². The van der Waals surface area contributed by atoms with Crippen molar-refractivity contribution in [1.29, 1.82) is 0 Å². The zero-order chi connectivity index (χ0) is 19.4. The normalized spacial score (nSPS) is 48.0. The zero-order valence-electron chi connectivity index (χ0n) is 17.2. The van der Waals surface area contributed by atoms with E-state index in [1.165, 1.54) is 19.3 Å². The van der Waals surface area contributed by atoms with Crippen LogP contribution in [0.4, 0.5) is 13.2 Å². The SMILES string of the molecule is CCCC1C(CC(F)(F)F)CCC2C1CCC1(C)C2CCC1[C@H](C)C1CO1. The van der Waals surface area contributed by atoms with Crippen LogP contribution in [0.1, 0.15) is 78.6 Å². The molecule has 3 saturated carbocycles. The first-order valence-electron chi connectivity index (χ1n) is 11.4. The summed E-state index contributed by atoms with van der Waals surface area (Å²) in [6, 6.07) is 0. The monoisotopic (exact) mass is 386 g/mol. The van der Waals surface area contributed by atoms with Gasteiger partial charge in [-0.1, -0.05) is 33.6 Å². The molecule has 4 aliphatic rings. The standard InChI is InChI=1S/C23H37F3O/c1-4-5-16-15(12-23(24,25)26)6-7-18-17(16)10-11-22(3)19(8-9-20(18)22)14(2)21-13-27-21/h14-21H,4-13H2,1-3H3/t14-,15?,16?,17?,18?,19?,20?,21?,22?/m0/s1. The highest BCUT2D eigenvalue weighted by Gasteiger charge is 2.58. The van der Waals surface area contributed by atoms with E-state index in [2.05, 4.69) is 20.8 Å². The number of epoxide rings is 1. The molecule has 156 valence electrons. The Hall–Kier alpha value is -0.250. The average molecular weight is 387 g/mol. The van der Waals surface area contributed by atoms with Crippen LogP contribution in [-0.4, -0.2) is 18.9 Å². The Morgan fingerprint density at radius 1 is 1.07 bits per heavy atom. The van der Waals surface area contributed by atoms with E-state index in [0.29, 0.717) is 35.2 Å². The van der Waals surface area contributed by atoms with Gasteiger partial charge in [-0.25, -0.2) is 0 Å². The van der Waals surface area contributed by atoms with Crippen molar-refractivity contribution >= 4 is 0 Å². The topological polar surface area (TPSA) is 12.5 Å². The van der Waals surface area contributed by atoms with E-state index in [1.54, 1.807) is 0 Å². The first-order valence-corrected chi connectivity index (χ1v) is 11.4. The summed E-state index contributed by atoms with van der Waals surface area (Å²) in [5.74, 6) is 3.49. The van der Waals surface area contributed by atoms with Gasteiger partial charge in [0, 0.05) is 6.42 Å². The van der Waals surface area contributed by atoms with Gasteiger partial charge in [0.1, 0.15) is 0 Å². The summed E-state index contributed by atoms with van der Waals surface area (Å²) in [6.45, 7) is 7.97. The highest BCUT2D eigenvalue weighted by atomic mass is 19.4. The molecule has 0 aromatic carbocycles. The second kappa shape index (κ2) is 7.22. The van der Waals surface area contributed by atoms with E-state index in [1.807, 2.05) is 0 Å². The predicted octanol–water partition coefficient (Wildman–Crippen LogP) is 6.86. The highest BCUT2D eigenvalue weighted by molar-refractivity contribution is 5.07. The molecule has 8 unspecified atom stereocenters. The van der Waals surface area contributed by atoms with E-state index in [0.717, 1.165) is 50.5 Å². The van der Waals surface area contributed by atoms with Crippen LogP contribution in [0.15, 0.2) is 0 Å². The third kappa shape index (κ3) is 3.69. The number of hydrogen-bond donors (Lipinski definition) is 0. The van der Waals surface area contributed by atoms with Crippen LogP contribution in [0.2, 0.25) is 0 Å². The maximum absolute atomic E-state index is 13.2. The van der Waals surface area contributed by atoms with Gasteiger partial charge >= 0.3 is 6.18 Å². The van der Waals surface area contributed by atoms with Gasteiger partial charge in [-0.3, -0.25) is 0 Å². The molecule has 0 aromatic rings. The van der Waals surface area contributed by atoms with E-state index in [9.17, 15) is 13.2 Å². The molecule has 0 amide bonds. The van der Waals surface area contributed by atoms with Crippen molar-refractivity contribution < 1.29 is 17.9 Å². The zero-order valence-corrected chi connectivity index (χ0v) is 17.2. The van der Waals surface area contributed by atoms with Gasteiger partial charge in [0.25, 0.3) is 0 Å². The van der Waals surface area contributed by atoms with Crippen molar-refractivity contribution in [2.75, 3.05) is 6.61 Å². The van der Waals surface area contributed by atoms with Crippen LogP contribution < -0.4 is 0 Å². The molecule has 1 aliphatic heterocycles. The lowest BCUT2D eigenvalue weighted by Crippen LogP contribution is -2.48. The fourth-order valence-electron chi connectivity index (χ4n) is 8.09. The highest BCUT2D eigenvalue weighted by Crippen LogP contribution is 2.65. The Kier molecular flexibility index (Phi) is 5.36. The van der Waals surface area contributed by atoms with Gasteiger partial charge in [0.2, 0.25) is 0 Å². The molecule has 0 spiro atoms. The second-order valence-electron chi connectivity index (χ2n) is 10.5. The fraction of sp³-hybridized carbons (Fsp3) is 1.00. The Morgan fingerprint density at radius 2 is 1.81 bits per heavy atom. The number of alkyl halides is 3. The maximum atomic E-state index is 13.2. The van der Waals surface area contributed by atoms with Crippen LogP contribution in [0.25, 0.3) is 0 Å². The van der Waals surface area contributed by atoms with Crippen molar-refractivity contribution in [1.82, 2.24) is 0 Å². The summed E-state index contributed by atoms with van der Waals surface area (Å²) in [7, 11) is 0. The minimum absolute atomic E-state index is 0.133. The third-order valence-electron chi connectivity index (χ3n) is 9.29. The molecule has 4 fully saturated rings. The molecule has 4 rings (SSSR count). The van der Waals surface area contributed by atoms with Gasteiger partial charge in [0.15, 0.2) is 0 Å². The summed E-state index contributed by atoms with van der Waals surface area (Å²) in [4.78, 5) is 0. The first-order chi connectivity index (χ1) is 12.7. The number of fused-ring (bicyclic) bond motifs is 3. The smallest absolute Gasteiger partial charge is 0.373 e. The van der Waals surface area contributed by atoms with Crippen molar-refractivity contribution in [3.05, 3.63) is 0 Å². The van der Waals surface area contributed by atoms with Gasteiger partial charge < -0.3 is 4.74 Å². The third-order valence-corrected chi connectivity index (χ3v) is 9.29. The van der Waals surface area contributed by atoms with Crippen molar-refractivity contribution in [3.8, 4) is 0 Å². The molecule has 0 bridgehead atoms. The number of halogens is 3. The van der Waals surface area contributed by atoms with E-state index in [4.69, 9.17) is 4.74 Å². The lowest BCUT2D eigenvalue weighted by molar-refractivity contribution is -0.161. The van der Waals surface area contributed by atoms with Crippen LogP contribution in [0.5, 0.6) is 0 Å². The molecule has 27 heavy (non-hydrogen) atoms. The summed E-state index contributed by atoms with van der Waals surface area (Å²) in [5.41, 5.74) is 0.389.